The van der Waals surface area contributed by atoms with Gasteiger partial charge in [0.1, 0.15) is 23.9 Å². The summed E-state index contributed by atoms with van der Waals surface area (Å²) in [5, 5.41) is 0. The van der Waals surface area contributed by atoms with Crippen LogP contribution in [-0.4, -0.2) is 60.7 Å². The number of morpholine rings is 1. The summed E-state index contributed by atoms with van der Waals surface area (Å²) < 4.78 is 16.1. The Balaban J connectivity index is 1.44. The van der Waals surface area contributed by atoms with Crippen LogP contribution < -0.4 is 4.90 Å². The highest BCUT2D eigenvalue weighted by atomic mass is 16.5. The minimum absolute atomic E-state index is 0.0343. The van der Waals surface area contributed by atoms with Crippen molar-refractivity contribution in [3.63, 3.8) is 0 Å². The lowest BCUT2D eigenvalue weighted by molar-refractivity contribution is 0.0727. The number of aromatic nitrogens is 2. The SMILES string of the molecule is COCc1nc2c(o1)CCN(C(=O)c1ccc(N3CCOCC3)nc1)C2. The summed E-state index contributed by atoms with van der Waals surface area (Å²) in [6.45, 7) is 4.47. The molecule has 1 fully saturated rings. The largest absolute Gasteiger partial charge is 0.443 e. The van der Waals surface area contributed by atoms with Crippen molar-refractivity contribution in [1.29, 1.82) is 0 Å². The summed E-state index contributed by atoms with van der Waals surface area (Å²) in [5.74, 6) is 2.25. The number of fused-ring (bicyclic) bond motifs is 1. The van der Waals surface area contributed by atoms with Crippen LogP contribution >= 0.6 is 0 Å². The van der Waals surface area contributed by atoms with Crippen LogP contribution in [0.5, 0.6) is 0 Å². The molecule has 2 aromatic heterocycles. The predicted molar refractivity (Wildman–Crippen MR) is 92.9 cm³/mol. The number of carbonyl (C=O) groups excluding carboxylic acids is 1. The maximum absolute atomic E-state index is 12.8. The van der Waals surface area contributed by atoms with Crippen LogP contribution in [0, 0.1) is 0 Å². The molecule has 1 amide bonds. The molecule has 26 heavy (non-hydrogen) atoms. The predicted octanol–water partition coefficient (Wildman–Crippen LogP) is 1.25. The van der Waals surface area contributed by atoms with E-state index in [-0.39, 0.29) is 5.91 Å². The summed E-state index contributed by atoms with van der Waals surface area (Å²) in [6, 6.07) is 3.75. The molecule has 2 aliphatic rings. The first-order valence-electron chi connectivity index (χ1n) is 8.79. The number of carbonyl (C=O) groups is 1. The van der Waals surface area contributed by atoms with E-state index in [1.807, 2.05) is 12.1 Å². The molecule has 4 rings (SSSR count). The van der Waals surface area contributed by atoms with Crippen LogP contribution in [0.4, 0.5) is 5.82 Å². The summed E-state index contributed by atoms with van der Waals surface area (Å²) >= 11 is 0. The number of ether oxygens (including phenoxy) is 2. The molecule has 0 spiro atoms. The van der Waals surface area contributed by atoms with Gasteiger partial charge < -0.3 is 23.7 Å². The van der Waals surface area contributed by atoms with Crippen LogP contribution in [0.3, 0.4) is 0 Å². The molecule has 4 heterocycles. The number of methoxy groups -OCH3 is 1. The fourth-order valence-electron chi connectivity index (χ4n) is 3.29. The Morgan fingerprint density at radius 3 is 2.85 bits per heavy atom. The number of oxazole rings is 1. The van der Waals surface area contributed by atoms with Crippen molar-refractivity contribution in [2.75, 3.05) is 44.9 Å². The van der Waals surface area contributed by atoms with E-state index in [2.05, 4.69) is 14.9 Å². The van der Waals surface area contributed by atoms with Crippen LogP contribution in [-0.2, 0) is 29.0 Å². The first-order valence-corrected chi connectivity index (χ1v) is 8.79. The monoisotopic (exact) mass is 358 g/mol. The van der Waals surface area contributed by atoms with E-state index in [0.29, 0.717) is 50.8 Å². The van der Waals surface area contributed by atoms with Gasteiger partial charge in [0.25, 0.3) is 5.91 Å². The molecule has 0 radical (unpaired) electrons. The molecule has 138 valence electrons. The molecule has 2 aliphatic heterocycles. The summed E-state index contributed by atoms with van der Waals surface area (Å²) in [4.78, 5) is 25.6. The number of hydrogen-bond donors (Lipinski definition) is 0. The minimum atomic E-state index is -0.0343. The van der Waals surface area contributed by atoms with Crippen molar-refractivity contribution in [1.82, 2.24) is 14.9 Å². The van der Waals surface area contributed by atoms with E-state index >= 15 is 0 Å². The smallest absolute Gasteiger partial charge is 0.255 e. The summed E-state index contributed by atoms with van der Waals surface area (Å²) in [5.41, 5.74) is 1.40. The second-order valence-corrected chi connectivity index (χ2v) is 6.39. The van der Waals surface area contributed by atoms with Gasteiger partial charge in [0.2, 0.25) is 5.89 Å². The van der Waals surface area contributed by atoms with Gasteiger partial charge in [-0.15, -0.1) is 0 Å². The summed E-state index contributed by atoms with van der Waals surface area (Å²) in [6.07, 6.45) is 2.32. The lowest BCUT2D eigenvalue weighted by Gasteiger charge is -2.28. The zero-order valence-corrected chi connectivity index (χ0v) is 14.8. The van der Waals surface area contributed by atoms with Gasteiger partial charge in [0.05, 0.1) is 25.3 Å². The molecule has 1 saturated heterocycles. The molecule has 8 nitrogen and oxygen atoms in total. The van der Waals surface area contributed by atoms with Gasteiger partial charge in [-0.05, 0) is 12.1 Å². The zero-order chi connectivity index (χ0) is 17.9. The Bertz CT molecular complexity index is 768. The molecule has 0 N–H and O–H groups in total. The second kappa shape index (κ2) is 7.43. The Hall–Kier alpha value is -2.45. The van der Waals surface area contributed by atoms with Gasteiger partial charge in [-0.3, -0.25) is 4.79 Å². The molecule has 0 aromatic carbocycles. The number of anilines is 1. The molecule has 8 heteroatoms. The minimum Gasteiger partial charge on any atom is -0.443 e. The van der Waals surface area contributed by atoms with Gasteiger partial charge in [-0.1, -0.05) is 0 Å². The first kappa shape index (κ1) is 17.0. The molecule has 0 aliphatic carbocycles. The fourth-order valence-corrected chi connectivity index (χ4v) is 3.29. The lowest BCUT2D eigenvalue weighted by atomic mass is 10.1. The van der Waals surface area contributed by atoms with Gasteiger partial charge in [0, 0.05) is 39.4 Å². The quantitative estimate of drug-likeness (QED) is 0.814. The maximum Gasteiger partial charge on any atom is 0.255 e. The third-order valence-electron chi connectivity index (χ3n) is 4.66. The van der Waals surface area contributed by atoms with Gasteiger partial charge >= 0.3 is 0 Å². The average molecular weight is 358 g/mol. The van der Waals surface area contributed by atoms with Crippen molar-refractivity contribution >= 4 is 11.7 Å². The Morgan fingerprint density at radius 2 is 2.12 bits per heavy atom. The highest BCUT2D eigenvalue weighted by Crippen LogP contribution is 2.22. The van der Waals surface area contributed by atoms with Crippen molar-refractivity contribution < 1.29 is 18.7 Å². The molecule has 0 bridgehead atoms. The van der Waals surface area contributed by atoms with Crippen molar-refractivity contribution in [2.45, 2.75) is 19.6 Å². The highest BCUT2D eigenvalue weighted by Gasteiger charge is 2.26. The third kappa shape index (κ3) is 3.42. The molecule has 0 unspecified atom stereocenters. The lowest BCUT2D eigenvalue weighted by Crippen LogP contribution is -2.37. The average Bonchev–Trinajstić information content (AvgIpc) is 3.10. The molecular weight excluding hydrogens is 336 g/mol. The van der Waals surface area contributed by atoms with E-state index < -0.39 is 0 Å². The standard InChI is InChI=1S/C18H22N4O4/c1-24-12-17-20-14-11-22(5-4-15(14)26-17)18(23)13-2-3-16(19-10-13)21-6-8-25-9-7-21/h2-3,10H,4-9,11-12H2,1H3. The molecule has 0 atom stereocenters. The number of rotatable bonds is 4. The van der Waals surface area contributed by atoms with Gasteiger partial charge in [0.15, 0.2) is 0 Å². The Labute approximate surface area is 151 Å². The van der Waals surface area contributed by atoms with Gasteiger partial charge in [-0.25, -0.2) is 9.97 Å². The Kier molecular flexibility index (Phi) is 4.85. The highest BCUT2D eigenvalue weighted by molar-refractivity contribution is 5.94. The molecular formula is C18H22N4O4. The molecule has 0 saturated carbocycles. The summed E-state index contributed by atoms with van der Waals surface area (Å²) in [7, 11) is 1.60. The third-order valence-corrected chi connectivity index (χ3v) is 4.66. The van der Waals surface area contributed by atoms with Crippen LogP contribution in [0.1, 0.15) is 27.7 Å². The topological polar surface area (TPSA) is 80.9 Å². The van der Waals surface area contributed by atoms with Gasteiger partial charge in [-0.2, -0.15) is 0 Å². The first-order chi connectivity index (χ1) is 12.7. The number of hydrogen-bond acceptors (Lipinski definition) is 7. The van der Waals surface area contributed by atoms with Crippen LogP contribution in [0.2, 0.25) is 0 Å². The van der Waals surface area contributed by atoms with Crippen molar-refractivity contribution in [3.8, 4) is 0 Å². The fraction of sp³-hybridized carbons (Fsp3) is 0.500. The zero-order valence-electron chi connectivity index (χ0n) is 14.8. The maximum atomic E-state index is 12.8. The van der Waals surface area contributed by atoms with E-state index in [9.17, 15) is 4.79 Å². The molecule has 2 aromatic rings. The van der Waals surface area contributed by atoms with Crippen molar-refractivity contribution in [2.24, 2.45) is 0 Å². The normalized spacial score (nSPS) is 17.3. The second-order valence-electron chi connectivity index (χ2n) is 6.39. The van der Waals surface area contributed by atoms with E-state index in [1.54, 1.807) is 18.2 Å². The van der Waals surface area contributed by atoms with Crippen molar-refractivity contribution in [3.05, 3.63) is 41.2 Å². The van der Waals surface area contributed by atoms with E-state index in [0.717, 1.165) is 30.4 Å². The number of amides is 1. The van der Waals surface area contributed by atoms with E-state index in [1.165, 1.54) is 0 Å². The van der Waals surface area contributed by atoms with E-state index in [4.69, 9.17) is 13.9 Å². The Morgan fingerprint density at radius 1 is 1.27 bits per heavy atom. The number of nitrogens with zero attached hydrogens (tertiary/aromatic N) is 4. The van der Waals surface area contributed by atoms with Crippen LogP contribution in [0.15, 0.2) is 22.7 Å². The van der Waals surface area contributed by atoms with Crippen LogP contribution in [0.25, 0.3) is 0 Å². The number of pyridine rings is 1.